The molecule has 4 nitrogen and oxygen atoms in total. The molecule has 0 bridgehead atoms. The first-order valence-corrected chi connectivity index (χ1v) is 11.6. The summed E-state index contributed by atoms with van der Waals surface area (Å²) < 4.78 is 29.3. The molecule has 0 N–H and O–H groups in total. The lowest BCUT2D eigenvalue weighted by atomic mass is 9.99. The predicted molar refractivity (Wildman–Crippen MR) is 119 cm³/mol. The number of hydrogen-bond donors (Lipinski definition) is 0. The fraction of sp³-hybridized carbons (Fsp3) is 0.174. The van der Waals surface area contributed by atoms with Crippen LogP contribution in [0.15, 0.2) is 87.3 Å². The highest BCUT2D eigenvalue weighted by Gasteiger charge is 2.38. The van der Waals surface area contributed by atoms with Gasteiger partial charge in [-0.15, -0.1) is 0 Å². The molecule has 4 rings (SSSR count). The van der Waals surface area contributed by atoms with Gasteiger partial charge < -0.3 is 0 Å². The number of hydrogen-bond acceptors (Lipinski definition) is 3. The van der Waals surface area contributed by atoms with Crippen LogP contribution in [0.3, 0.4) is 0 Å². The van der Waals surface area contributed by atoms with Crippen LogP contribution in [0.2, 0.25) is 0 Å². The van der Waals surface area contributed by atoms with Crippen molar-refractivity contribution in [3.05, 3.63) is 99.5 Å². The zero-order chi connectivity index (χ0) is 20.6. The fourth-order valence-electron chi connectivity index (χ4n) is 3.51. The van der Waals surface area contributed by atoms with Crippen LogP contribution in [-0.4, -0.2) is 18.5 Å². The van der Waals surface area contributed by atoms with Gasteiger partial charge in [-0.2, -0.15) is 17.9 Å². The van der Waals surface area contributed by atoms with Gasteiger partial charge in [-0.1, -0.05) is 76.1 Å². The average Bonchev–Trinajstić information content (AvgIpc) is 3.15. The van der Waals surface area contributed by atoms with Crippen molar-refractivity contribution in [2.24, 2.45) is 5.10 Å². The third kappa shape index (κ3) is 3.87. The minimum atomic E-state index is -3.79. The molecule has 0 aliphatic carbocycles. The largest absolute Gasteiger partial charge is 0.279 e. The molecule has 1 heterocycles. The van der Waals surface area contributed by atoms with Crippen molar-refractivity contribution < 1.29 is 8.42 Å². The molecular formula is C23H21BrN2O2S. The second-order valence-electron chi connectivity index (χ2n) is 7.23. The van der Waals surface area contributed by atoms with Crippen LogP contribution in [0, 0.1) is 13.8 Å². The molecule has 3 aromatic rings. The molecule has 0 unspecified atom stereocenters. The third-order valence-corrected chi connectivity index (χ3v) is 7.50. The summed E-state index contributed by atoms with van der Waals surface area (Å²) in [6.07, 6.45) is 0.524. The molecule has 0 radical (unpaired) electrons. The van der Waals surface area contributed by atoms with Gasteiger partial charge in [0.15, 0.2) is 0 Å². The molecular weight excluding hydrogens is 448 g/mol. The van der Waals surface area contributed by atoms with Crippen LogP contribution in [0.5, 0.6) is 0 Å². The second-order valence-corrected chi connectivity index (χ2v) is 9.91. The van der Waals surface area contributed by atoms with Gasteiger partial charge in [0.2, 0.25) is 0 Å². The van der Waals surface area contributed by atoms with Crippen LogP contribution in [0.4, 0.5) is 0 Å². The summed E-state index contributed by atoms with van der Waals surface area (Å²) in [4.78, 5) is 0.288. The summed E-state index contributed by atoms with van der Waals surface area (Å²) in [5.41, 5.74) is 4.49. The topological polar surface area (TPSA) is 49.7 Å². The molecule has 0 saturated carbocycles. The number of hydrazone groups is 1. The van der Waals surface area contributed by atoms with Crippen molar-refractivity contribution in [1.29, 1.82) is 0 Å². The summed E-state index contributed by atoms with van der Waals surface area (Å²) in [7, 11) is -3.79. The van der Waals surface area contributed by atoms with E-state index in [9.17, 15) is 8.42 Å². The average molecular weight is 469 g/mol. The summed E-state index contributed by atoms with van der Waals surface area (Å²) >= 11 is 3.45. The van der Waals surface area contributed by atoms with E-state index in [1.54, 1.807) is 12.1 Å². The quantitative estimate of drug-likeness (QED) is 0.499. The Kier molecular flexibility index (Phi) is 5.32. The van der Waals surface area contributed by atoms with Crippen LogP contribution in [-0.2, 0) is 10.0 Å². The first kappa shape index (κ1) is 19.9. The molecule has 1 aliphatic heterocycles. The van der Waals surface area contributed by atoms with Crippen molar-refractivity contribution in [1.82, 2.24) is 4.41 Å². The summed E-state index contributed by atoms with van der Waals surface area (Å²) in [6, 6.07) is 22.4. The minimum Gasteiger partial charge on any atom is -0.200 e. The van der Waals surface area contributed by atoms with Crippen LogP contribution in [0.25, 0.3) is 0 Å². The predicted octanol–water partition coefficient (Wildman–Crippen LogP) is 5.61. The van der Waals surface area contributed by atoms with E-state index in [1.807, 2.05) is 74.5 Å². The van der Waals surface area contributed by atoms with Gasteiger partial charge in [0.1, 0.15) is 0 Å². The number of rotatable bonds is 4. The maximum Gasteiger partial charge on any atom is 0.279 e. The maximum atomic E-state index is 13.5. The highest BCUT2D eigenvalue weighted by molar-refractivity contribution is 9.10. The molecule has 0 saturated heterocycles. The van der Waals surface area contributed by atoms with E-state index in [1.165, 1.54) is 4.41 Å². The molecule has 0 spiro atoms. The molecule has 3 aromatic carbocycles. The molecule has 0 fully saturated rings. The number of halogens is 1. The second kappa shape index (κ2) is 7.76. The molecule has 0 aromatic heterocycles. The van der Waals surface area contributed by atoms with E-state index in [2.05, 4.69) is 21.0 Å². The molecule has 1 aliphatic rings. The standard InChI is InChI=1S/C23H21BrN2O2S/c1-16-7-9-18(10-8-16)21-15-22(19-11-13-20(24)14-12-19)26(25-21)29(27,28)23-6-4-3-5-17(23)2/h3-14,22H,15H2,1-2H3/t22-/m0/s1. The molecule has 6 heteroatoms. The van der Waals surface area contributed by atoms with E-state index < -0.39 is 10.0 Å². The van der Waals surface area contributed by atoms with Crippen molar-refractivity contribution in [2.75, 3.05) is 0 Å². The Balaban J connectivity index is 1.82. The van der Waals surface area contributed by atoms with Crippen molar-refractivity contribution in [3.8, 4) is 0 Å². The van der Waals surface area contributed by atoms with E-state index in [0.717, 1.165) is 26.9 Å². The molecule has 1 atom stereocenters. The Morgan fingerprint density at radius 3 is 2.24 bits per heavy atom. The van der Waals surface area contributed by atoms with E-state index in [-0.39, 0.29) is 10.9 Å². The number of sulfonamides is 1. The van der Waals surface area contributed by atoms with Gasteiger partial charge in [-0.25, -0.2) is 0 Å². The molecule has 0 amide bonds. The first-order valence-electron chi connectivity index (χ1n) is 9.36. The monoisotopic (exact) mass is 468 g/mol. The zero-order valence-corrected chi connectivity index (χ0v) is 18.6. The van der Waals surface area contributed by atoms with Crippen LogP contribution >= 0.6 is 15.9 Å². The maximum absolute atomic E-state index is 13.5. The van der Waals surface area contributed by atoms with Gasteiger partial charge in [0, 0.05) is 10.9 Å². The van der Waals surface area contributed by atoms with Crippen molar-refractivity contribution in [3.63, 3.8) is 0 Å². The first-order chi connectivity index (χ1) is 13.9. The number of aryl methyl sites for hydroxylation is 2. The molecule has 148 valence electrons. The fourth-order valence-corrected chi connectivity index (χ4v) is 5.44. The normalized spacial score (nSPS) is 16.7. The smallest absolute Gasteiger partial charge is 0.200 e. The van der Waals surface area contributed by atoms with E-state index in [4.69, 9.17) is 0 Å². The third-order valence-electron chi connectivity index (χ3n) is 5.13. The van der Waals surface area contributed by atoms with Gasteiger partial charge in [0.05, 0.1) is 16.6 Å². The Labute approximate surface area is 180 Å². The highest BCUT2D eigenvalue weighted by Crippen LogP contribution is 2.38. The Morgan fingerprint density at radius 1 is 0.931 bits per heavy atom. The number of benzene rings is 3. The number of nitrogens with zero attached hydrogens (tertiary/aromatic N) is 2. The van der Waals surface area contributed by atoms with Crippen LogP contribution in [0.1, 0.15) is 34.7 Å². The SMILES string of the molecule is Cc1ccc(C2=NN(S(=O)(=O)c3ccccc3C)[C@H](c3ccc(Br)cc3)C2)cc1. The van der Waals surface area contributed by atoms with E-state index in [0.29, 0.717) is 12.0 Å². The summed E-state index contributed by atoms with van der Waals surface area (Å²) in [6.45, 7) is 3.84. The van der Waals surface area contributed by atoms with Gasteiger partial charge in [-0.3, -0.25) is 0 Å². The van der Waals surface area contributed by atoms with Crippen molar-refractivity contribution >= 4 is 31.7 Å². The Bertz CT molecular complexity index is 1170. The van der Waals surface area contributed by atoms with Gasteiger partial charge >= 0.3 is 0 Å². The lowest BCUT2D eigenvalue weighted by Crippen LogP contribution is -2.27. The van der Waals surface area contributed by atoms with Crippen molar-refractivity contribution in [2.45, 2.75) is 31.2 Å². The minimum absolute atomic E-state index is 0.288. The zero-order valence-electron chi connectivity index (χ0n) is 16.2. The Morgan fingerprint density at radius 2 is 1.59 bits per heavy atom. The summed E-state index contributed by atoms with van der Waals surface area (Å²) in [5, 5.41) is 4.61. The van der Waals surface area contributed by atoms with Gasteiger partial charge in [0.25, 0.3) is 10.0 Å². The Hall–Kier alpha value is -2.44. The highest BCUT2D eigenvalue weighted by atomic mass is 79.9. The summed E-state index contributed by atoms with van der Waals surface area (Å²) in [5.74, 6) is 0. The lowest BCUT2D eigenvalue weighted by Gasteiger charge is -2.24. The van der Waals surface area contributed by atoms with Crippen LogP contribution < -0.4 is 0 Å². The van der Waals surface area contributed by atoms with E-state index >= 15 is 0 Å². The van der Waals surface area contributed by atoms with Gasteiger partial charge in [-0.05, 0) is 48.7 Å². The molecule has 29 heavy (non-hydrogen) atoms. The lowest BCUT2D eigenvalue weighted by molar-refractivity contribution is 0.371.